The molecule has 0 bridgehead atoms. The van der Waals surface area contributed by atoms with Crippen molar-refractivity contribution in [2.45, 2.75) is 58.4 Å². The molecule has 1 saturated carbocycles. The molecule has 1 aliphatic carbocycles. The minimum Gasteiger partial charge on any atom is -0.456 e. The predicted octanol–water partition coefficient (Wildman–Crippen LogP) is 2.90. The van der Waals surface area contributed by atoms with E-state index in [1.807, 2.05) is 20.8 Å². The summed E-state index contributed by atoms with van der Waals surface area (Å²) < 4.78 is 5.03. The second kappa shape index (κ2) is 10.1. The van der Waals surface area contributed by atoms with Crippen LogP contribution in [0, 0.1) is 11.8 Å². The summed E-state index contributed by atoms with van der Waals surface area (Å²) in [6.45, 7) is 4.78. The van der Waals surface area contributed by atoms with Gasteiger partial charge in [0, 0.05) is 17.7 Å². The molecule has 1 saturated heterocycles. The summed E-state index contributed by atoms with van der Waals surface area (Å²) in [5.41, 5.74) is -0.0640. The highest BCUT2D eigenvalue weighted by Crippen LogP contribution is 2.38. The van der Waals surface area contributed by atoms with E-state index in [9.17, 15) is 24.0 Å². The van der Waals surface area contributed by atoms with Crippen LogP contribution in [-0.2, 0) is 19.1 Å². The molecule has 2 N–H and O–H groups in total. The van der Waals surface area contributed by atoms with Gasteiger partial charge in [-0.15, -0.1) is 0 Å². The summed E-state index contributed by atoms with van der Waals surface area (Å²) in [6, 6.07) is 5.67. The predicted molar refractivity (Wildman–Crippen MR) is 120 cm³/mol. The molecule has 33 heavy (non-hydrogen) atoms. The van der Waals surface area contributed by atoms with Gasteiger partial charge >= 0.3 is 12.0 Å². The number of esters is 1. The van der Waals surface area contributed by atoms with Crippen molar-refractivity contribution in [2.24, 2.45) is 11.8 Å². The van der Waals surface area contributed by atoms with Crippen molar-refractivity contribution in [3.8, 4) is 0 Å². The number of rotatable bonds is 8. The zero-order valence-electron chi connectivity index (χ0n) is 19.3. The van der Waals surface area contributed by atoms with Crippen LogP contribution in [0.15, 0.2) is 24.3 Å². The van der Waals surface area contributed by atoms with Gasteiger partial charge in [-0.25, -0.2) is 4.79 Å². The van der Waals surface area contributed by atoms with E-state index in [-0.39, 0.29) is 17.7 Å². The Bertz CT molecular complexity index is 942. The molecule has 0 aromatic heterocycles. The number of nitrogens with one attached hydrogen (secondary N) is 2. The molecule has 1 aliphatic heterocycles. The van der Waals surface area contributed by atoms with Gasteiger partial charge in [-0.2, -0.15) is 0 Å². The molecule has 1 aromatic rings. The van der Waals surface area contributed by atoms with Crippen LogP contribution in [0.5, 0.6) is 0 Å². The third-order valence-corrected chi connectivity index (χ3v) is 6.24. The van der Waals surface area contributed by atoms with Crippen LogP contribution >= 0.6 is 0 Å². The number of ether oxygens (including phenoxy) is 1. The van der Waals surface area contributed by atoms with E-state index in [0.29, 0.717) is 24.1 Å². The minimum absolute atomic E-state index is 0.0107. The van der Waals surface area contributed by atoms with Crippen molar-refractivity contribution >= 4 is 35.3 Å². The molecule has 0 radical (unpaired) electrons. The molecule has 2 aliphatic rings. The van der Waals surface area contributed by atoms with Crippen molar-refractivity contribution in [1.82, 2.24) is 10.2 Å². The number of nitrogens with zero attached hydrogens (tertiary/aromatic N) is 1. The molecule has 0 unspecified atom stereocenters. The van der Waals surface area contributed by atoms with E-state index in [1.54, 1.807) is 12.1 Å². The number of ketones is 1. The van der Waals surface area contributed by atoms with Gasteiger partial charge in [-0.05, 0) is 48.9 Å². The summed E-state index contributed by atoms with van der Waals surface area (Å²) in [7, 11) is 0. The first-order valence-electron chi connectivity index (χ1n) is 11.3. The Hall–Kier alpha value is -3.23. The molecule has 1 heterocycles. The standard InChI is InChI=1S/C24H31N3O6/c1-15(2)12-20(29)25-18-9-7-17(8-10-18)19(28)14-33-21(30)13-27-22(31)24(26-23(27)32)11-5-4-6-16(24)3/h7-10,15-16H,4-6,11-14H2,1-3H3,(H,25,29)(H,26,32)/t16-,24+/m1/s1. The largest absolute Gasteiger partial charge is 0.456 e. The van der Waals surface area contributed by atoms with Gasteiger partial charge in [0.1, 0.15) is 12.1 Å². The monoisotopic (exact) mass is 457 g/mol. The molecule has 9 heteroatoms. The number of anilines is 1. The quantitative estimate of drug-likeness (QED) is 0.352. The van der Waals surface area contributed by atoms with Crippen molar-refractivity contribution in [2.75, 3.05) is 18.5 Å². The Balaban J connectivity index is 1.50. The summed E-state index contributed by atoms with van der Waals surface area (Å²) in [5.74, 6) is -1.55. The molecule has 178 valence electrons. The molecule has 1 spiro atoms. The summed E-state index contributed by atoms with van der Waals surface area (Å²) in [4.78, 5) is 62.6. The maximum absolute atomic E-state index is 12.9. The fourth-order valence-electron chi connectivity index (χ4n) is 4.37. The maximum Gasteiger partial charge on any atom is 0.326 e. The molecule has 1 aromatic carbocycles. The first kappa shape index (κ1) is 24.4. The highest BCUT2D eigenvalue weighted by atomic mass is 16.5. The zero-order chi connectivity index (χ0) is 24.2. The molecule has 9 nitrogen and oxygen atoms in total. The Morgan fingerprint density at radius 1 is 1.18 bits per heavy atom. The first-order chi connectivity index (χ1) is 15.6. The molecular weight excluding hydrogens is 426 g/mol. The van der Waals surface area contributed by atoms with Crippen LogP contribution in [0.2, 0.25) is 0 Å². The Morgan fingerprint density at radius 3 is 2.52 bits per heavy atom. The lowest BCUT2D eigenvalue weighted by molar-refractivity contribution is -0.147. The third-order valence-electron chi connectivity index (χ3n) is 6.24. The van der Waals surface area contributed by atoms with Gasteiger partial charge in [0.05, 0.1) is 0 Å². The number of urea groups is 1. The number of imide groups is 1. The van der Waals surface area contributed by atoms with Crippen LogP contribution < -0.4 is 10.6 Å². The molecule has 2 atom stereocenters. The normalized spacial score (nSPS) is 22.4. The highest BCUT2D eigenvalue weighted by Gasteiger charge is 2.55. The smallest absolute Gasteiger partial charge is 0.326 e. The first-order valence-corrected chi connectivity index (χ1v) is 11.3. The van der Waals surface area contributed by atoms with Crippen LogP contribution in [0.25, 0.3) is 0 Å². The van der Waals surface area contributed by atoms with Crippen molar-refractivity contribution in [1.29, 1.82) is 0 Å². The van der Waals surface area contributed by atoms with E-state index in [4.69, 9.17) is 4.74 Å². The van der Waals surface area contributed by atoms with E-state index in [2.05, 4.69) is 10.6 Å². The maximum atomic E-state index is 12.9. The lowest BCUT2D eigenvalue weighted by atomic mass is 9.73. The molecular formula is C24H31N3O6. The summed E-state index contributed by atoms with van der Waals surface area (Å²) in [5, 5.41) is 5.53. The van der Waals surface area contributed by atoms with Gasteiger partial charge in [-0.1, -0.05) is 33.6 Å². The average molecular weight is 458 g/mol. The van der Waals surface area contributed by atoms with Crippen molar-refractivity contribution < 1.29 is 28.7 Å². The van der Waals surface area contributed by atoms with Gasteiger partial charge in [-0.3, -0.25) is 24.1 Å². The minimum atomic E-state index is -0.947. The van der Waals surface area contributed by atoms with Crippen LogP contribution in [0.4, 0.5) is 10.5 Å². The third kappa shape index (κ3) is 5.58. The number of amides is 4. The fraction of sp³-hybridized carbons (Fsp3) is 0.542. The Morgan fingerprint density at radius 2 is 1.88 bits per heavy atom. The summed E-state index contributed by atoms with van der Waals surface area (Å²) >= 11 is 0. The number of carbonyl (C=O) groups excluding carboxylic acids is 5. The molecule has 4 amide bonds. The average Bonchev–Trinajstić information content (AvgIpc) is 2.99. The van der Waals surface area contributed by atoms with Crippen LogP contribution in [0.3, 0.4) is 0 Å². The molecule has 3 rings (SSSR count). The van der Waals surface area contributed by atoms with Gasteiger partial charge in [0.2, 0.25) is 5.91 Å². The van der Waals surface area contributed by atoms with Crippen molar-refractivity contribution in [3.05, 3.63) is 29.8 Å². The zero-order valence-corrected chi connectivity index (χ0v) is 19.3. The fourth-order valence-corrected chi connectivity index (χ4v) is 4.37. The SMILES string of the molecule is CC(C)CC(=O)Nc1ccc(C(=O)COC(=O)CN2C(=O)N[C@]3(CCCC[C@H]3C)C2=O)cc1. The number of Topliss-reactive ketones (excluding diaryl/α,β-unsaturated/α-hetero) is 1. The van der Waals surface area contributed by atoms with Crippen LogP contribution in [0.1, 0.15) is 63.2 Å². The lowest BCUT2D eigenvalue weighted by Crippen LogP contribution is -2.54. The Labute approximate surface area is 193 Å². The van der Waals surface area contributed by atoms with Gasteiger partial charge in [0.15, 0.2) is 12.4 Å². The number of benzene rings is 1. The summed E-state index contributed by atoms with van der Waals surface area (Å²) in [6.07, 6.45) is 3.62. The van der Waals surface area contributed by atoms with Crippen LogP contribution in [-0.4, -0.2) is 53.2 Å². The number of carbonyl (C=O) groups is 5. The lowest BCUT2D eigenvalue weighted by Gasteiger charge is -2.36. The second-order valence-corrected chi connectivity index (χ2v) is 9.25. The number of hydrogen-bond donors (Lipinski definition) is 2. The second-order valence-electron chi connectivity index (χ2n) is 9.25. The number of hydrogen-bond acceptors (Lipinski definition) is 6. The topological polar surface area (TPSA) is 122 Å². The highest BCUT2D eigenvalue weighted by molar-refractivity contribution is 6.09. The van der Waals surface area contributed by atoms with Gasteiger partial charge < -0.3 is 15.4 Å². The van der Waals surface area contributed by atoms with E-state index >= 15 is 0 Å². The van der Waals surface area contributed by atoms with Gasteiger partial charge in [0.25, 0.3) is 5.91 Å². The van der Waals surface area contributed by atoms with E-state index < -0.39 is 42.4 Å². The van der Waals surface area contributed by atoms with E-state index in [0.717, 1.165) is 24.2 Å². The molecule has 2 fully saturated rings. The van der Waals surface area contributed by atoms with Crippen molar-refractivity contribution in [3.63, 3.8) is 0 Å². The Kier molecular flexibility index (Phi) is 7.50. The van der Waals surface area contributed by atoms with E-state index in [1.165, 1.54) is 12.1 Å².